The van der Waals surface area contributed by atoms with Gasteiger partial charge in [0.1, 0.15) is 54.3 Å². The van der Waals surface area contributed by atoms with Crippen molar-refractivity contribution < 1.29 is 106 Å². The Balaban J connectivity index is 1.35. The number of carbonyl (C=O) groups excluding carboxylic acids is 9. The molecule has 30 nitrogen and oxygen atoms in total. The van der Waals surface area contributed by atoms with E-state index < -0.39 is 175 Å². The van der Waals surface area contributed by atoms with Gasteiger partial charge in [0, 0.05) is 70.8 Å². The molecule has 0 aromatic heterocycles. The minimum atomic E-state index is -2.06. The Morgan fingerprint density at radius 1 is 0.796 bits per heavy atom. The van der Waals surface area contributed by atoms with Crippen molar-refractivity contribution >= 4 is 71.0 Å². The monoisotopic (exact) mass is 1380 g/mol. The molecule has 30 heteroatoms. The Morgan fingerprint density at radius 2 is 1.44 bits per heavy atom. The van der Waals surface area contributed by atoms with Crippen molar-refractivity contribution in [3.05, 3.63) is 71.8 Å². The molecule has 9 amide bonds. The van der Waals surface area contributed by atoms with Gasteiger partial charge in [-0.15, -0.1) is 0 Å². The molecule has 0 aliphatic carbocycles. The van der Waals surface area contributed by atoms with Gasteiger partial charge < -0.3 is 90.1 Å². The topological polar surface area (TPSA) is 405 Å². The Morgan fingerprint density at radius 3 is 2.00 bits per heavy atom. The van der Waals surface area contributed by atoms with Crippen LogP contribution in [0.4, 0.5) is 10.5 Å². The number of likely N-dealkylation sites (tertiary alicyclic amines) is 1. The second-order valence-corrected chi connectivity index (χ2v) is 27.6. The van der Waals surface area contributed by atoms with Crippen LogP contribution in [0, 0.1) is 23.7 Å². The number of aliphatic hydroxyl groups excluding tert-OH is 3. The summed E-state index contributed by atoms with van der Waals surface area (Å²) in [5.74, 6) is -10.2. The van der Waals surface area contributed by atoms with Gasteiger partial charge in [0.15, 0.2) is 12.1 Å². The minimum Gasteiger partial charge on any atom is -0.480 e. The lowest BCUT2D eigenvalue weighted by Gasteiger charge is -2.42. The fourth-order valence-corrected chi connectivity index (χ4v) is 12.9. The lowest BCUT2D eigenvalue weighted by atomic mass is 9.89. The number of nitrogens with zero attached hydrogens (tertiary/aromatic N) is 4. The summed E-state index contributed by atoms with van der Waals surface area (Å²) in [5.41, 5.74) is 0.166. The highest BCUT2D eigenvalue weighted by atomic mass is 16.7. The molecule has 2 aromatic carbocycles. The summed E-state index contributed by atoms with van der Waals surface area (Å²) in [7, 11) is 8.08. The van der Waals surface area contributed by atoms with Gasteiger partial charge in [0.25, 0.3) is 17.7 Å². The van der Waals surface area contributed by atoms with Gasteiger partial charge in [-0.3, -0.25) is 43.3 Å². The Bertz CT molecular complexity index is 3160. The molecule has 2 aromatic rings. The zero-order valence-electron chi connectivity index (χ0n) is 58.7. The molecule has 3 heterocycles. The summed E-state index contributed by atoms with van der Waals surface area (Å²) in [5, 5.41) is 65.1. The number of nitrogens with one attached hydrogen (secondary N) is 5. The number of alkyl carbamates (subject to hydrolysis) is 1. The van der Waals surface area contributed by atoms with Crippen molar-refractivity contribution in [1.29, 1.82) is 0 Å². The van der Waals surface area contributed by atoms with Gasteiger partial charge in [-0.05, 0) is 69.2 Å². The maximum Gasteiger partial charge on any atom is 0.407 e. The number of carbonyl (C=O) groups is 11. The number of ether oxygens (including phenoxy) is 5. The van der Waals surface area contributed by atoms with Crippen molar-refractivity contribution in [1.82, 2.24) is 36.0 Å². The Hall–Kier alpha value is -8.13. The number of hydrogen-bond acceptors (Lipinski definition) is 19. The first-order valence-electron chi connectivity index (χ1n) is 33.0. The lowest BCUT2D eigenvalue weighted by Crippen LogP contribution is -2.63. The molecule has 15 atom stereocenters. The van der Waals surface area contributed by atoms with Crippen LogP contribution in [0.5, 0.6) is 5.75 Å². The highest BCUT2D eigenvalue weighted by molar-refractivity contribution is 6.15. The van der Waals surface area contributed by atoms with Gasteiger partial charge >= 0.3 is 18.0 Å². The maximum atomic E-state index is 15.1. The summed E-state index contributed by atoms with van der Waals surface area (Å²) < 4.78 is 28.5. The molecule has 98 heavy (non-hydrogen) atoms. The third-order valence-corrected chi connectivity index (χ3v) is 18.0. The number of carboxylic acid groups (broad SMARTS) is 2. The van der Waals surface area contributed by atoms with Crippen molar-refractivity contribution in [3.8, 4) is 5.75 Å². The number of aliphatic carboxylic acids is 2. The third-order valence-electron chi connectivity index (χ3n) is 18.0. The quantitative estimate of drug-likeness (QED) is 0.0352. The van der Waals surface area contributed by atoms with E-state index in [4.69, 9.17) is 23.7 Å². The lowest BCUT2D eigenvalue weighted by molar-refractivity contribution is -0.922. The van der Waals surface area contributed by atoms with Gasteiger partial charge in [0.05, 0.1) is 63.0 Å². The first-order chi connectivity index (χ1) is 45.9. The Kier molecular flexibility index (Phi) is 29.2. The molecule has 0 saturated carbocycles. The second kappa shape index (κ2) is 35.6. The van der Waals surface area contributed by atoms with E-state index in [-0.39, 0.29) is 53.0 Å². The zero-order valence-corrected chi connectivity index (χ0v) is 58.7. The summed E-state index contributed by atoms with van der Waals surface area (Å²) in [4.78, 5) is 152. The number of benzene rings is 2. The number of rotatable bonds is 34. The highest BCUT2D eigenvalue weighted by Gasteiger charge is 2.50. The number of carboxylic acids is 2. The van der Waals surface area contributed by atoms with Crippen LogP contribution in [0.25, 0.3) is 0 Å². The predicted molar refractivity (Wildman–Crippen MR) is 354 cm³/mol. The molecule has 544 valence electrons. The largest absolute Gasteiger partial charge is 0.480 e. The van der Waals surface area contributed by atoms with Crippen LogP contribution in [0.1, 0.15) is 112 Å². The average Bonchev–Trinajstić information content (AvgIpc) is 0.973. The number of methoxy groups -OCH3 is 2. The number of hydrogen-bond donors (Lipinski definition) is 10. The van der Waals surface area contributed by atoms with Gasteiger partial charge in [0.2, 0.25) is 35.8 Å². The van der Waals surface area contributed by atoms with Crippen molar-refractivity contribution in [2.24, 2.45) is 23.7 Å². The van der Waals surface area contributed by atoms with Crippen molar-refractivity contribution in [2.45, 2.75) is 199 Å². The zero-order chi connectivity index (χ0) is 73.4. The molecule has 2 saturated heterocycles. The molecule has 3 aliphatic heterocycles. The number of imide groups is 1. The Labute approximate surface area is 572 Å². The van der Waals surface area contributed by atoms with Crippen molar-refractivity contribution in [3.63, 3.8) is 0 Å². The van der Waals surface area contributed by atoms with Gasteiger partial charge in [-0.1, -0.05) is 85.2 Å². The number of aliphatic hydroxyl groups is 3. The normalized spacial score (nSPS) is 21.6. The summed E-state index contributed by atoms with van der Waals surface area (Å²) in [6.45, 7) is 17.1. The van der Waals surface area contributed by atoms with Crippen LogP contribution in [-0.2, 0) is 79.9 Å². The molecule has 2 fully saturated rings. The van der Waals surface area contributed by atoms with Crippen LogP contribution < -0.4 is 31.3 Å². The van der Waals surface area contributed by atoms with Crippen LogP contribution in [0.3, 0.4) is 0 Å². The van der Waals surface area contributed by atoms with E-state index in [9.17, 15) is 73.5 Å². The number of amides is 9. The molecule has 4 unspecified atom stereocenters. The molecular weight excluding hydrogens is 1280 g/mol. The average molecular weight is 1380 g/mol. The van der Waals surface area contributed by atoms with E-state index in [0.29, 0.717) is 36.3 Å². The summed E-state index contributed by atoms with van der Waals surface area (Å²) in [6, 6.07) is 7.31. The first-order valence-corrected chi connectivity index (χ1v) is 33.0. The first kappa shape index (κ1) is 80.6. The fraction of sp³-hybridized carbons (Fsp3) is 0.632. The maximum absolute atomic E-state index is 15.1. The molecule has 0 bridgehead atoms. The molecular formula is C68H102N9O21+. The molecule has 5 rings (SSSR count). The van der Waals surface area contributed by atoms with E-state index in [1.165, 1.54) is 31.3 Å². The van der Waals surface area contributed by atoms with Gasteiger partial charge in [-0.2, -0.15) is 0 Å². The standard InChI is InChI=1S/C68H101N9O21/c1-16-38(6)53(47(94-14)33-51(81)75-30-20-23-44(75)58(95-15)39(7)60(85)72-43(64(89)90)31-40-21-18-17-19-22-40)74(11)63(88)52(36(2)3)73-62(87)54(37(4)5)77(12,13)35-41-24-25-46(96-66-57(84)55(82)56(83)59(97-66)65(91)92)42(32-41)71-48(78)28-29-69-61(86)45(76-49(79)26-27-50(76)80)34-70-67(93)98-68(8,9)10/h17-19,21-22,24-27,32,36-39,43-45,47,52-59,66,82-84H,16,20,23,28-31,33-35H2,1-15H3,(H6-,69,70,71,72,73,78,85,86,87,89,90,91,92,93)/p+1/t38-,39+,43-,44?,45?,47+,52?,53-,54?,55-,56-,57+,58+,59-,66+/m0/s1. The number of likely N-dealkylation sites (N-methyl/N-ethyl adjacent to an activating group) is 2. The van der Waals surface area contributed by atoms with E-state index in [0.717, 1.165) is 17.7 Å². The summed E-state index contributed by atoms with van der Waals surface area (Å²) >= 11 is 0. The van der Waals surface area contributed by atoms with Crippen LogP contribution in [-0.4, -0.2) is 250 Å². The SMILES string of the molecule is CC[C@H](C)[C@@H]([C@@H](CC(=O)N1CCCC1[C@H](OC)[C@@H](C)C(=O)N[C@@H](Cc1ccccc1)C(=O)O)OC)N(C)C(=O)C(NC(=O)C(C(C)C)[N+](C)(C)Cc1ccc(O[C@@H]2O[C@H](C(=O)O)[C@@H](O)[C@H](O)[C@H]2O)c(NC(=O)CCNC(=O)C(CNC(=O)OC(C)(C)C)N2C(=O)C=CC2=O)c1)C(C)C. The second-order valence-electron chi connectivity index (χ2n) is 27.6. The fourth-order valence-electron chi connectivity index (χ4n) is 12.9. The van der Waals surface area contributed by atoms with Crippen LogP contribution >= 0.6 is 0 Å². The predicted octanol–water partition coefficient (Wildman–Crippen LogP) is 1.69. The van der Waals surface area contributed by atoms with E-state index in [1.54, 1.807) is 104 Å². The van der Waals surface area contributed by atoms with E-state index in [2.05, 4.69) is 26.6 Å². The number of quaternary nitrogens is 1. The smallest absolute Gasteiger partial charge is 0.407 e. The number of anilines is 1. The van der Waals surface area contributed by atoms with Crippen LogP contribution in [0.2, 0.25) is 0 Å². The minimum absolute atomic E-state index is 0.0560. The molecule has 3 aliphatic rings. The third kappa shape index (κ3) is 21.2. The van der Waals surface area contributed by atoms with Crippen LogP contribution in [0.15, 0.2) is 60.7 Å². The highest BCUT2D eigenvalue weighted by Crippen LogP contribution is 2.34. The molecule has 10 N–H and O–H groups in total. The van der Waals surface area contributed by atoms with Crippen molar-refractivity contribution in [2.75, 3.05) is 60.3 Å². The van der Waals surface area contributed by atoms with E-state index in [1.807, 2.05) is 27.7 Å². The summed E-state index contributed by atoms with van der Waals surface area (Å²) in [6.07, 6.45) is -9.67. The van der Waals surface area contributed by atoms with Gasteiger partial charge in [-0.25, -0.2) is 14.4 Å². The molecule has 0 spiro atoms. The molecule has 0 radical (unpaired) electrons. The van der Waals surface area contributed by atoms with E-state index >= 15 is 4.79 Å².